The minimum Gasteiger partial charge on any atom is -0.494 e. The highest BCUT2D eigenvalue weighted by Gasteiger charge is 2.27. The predicted octanol–water partition coefficient (Wildman–Crippen LogP) is 4.84. The van der Waals surface area contributed by atoms with Crippen LogP contribution in [0.1, 0.15) is 41.6 Å². The van der Waals surface area contributed by atoms with Crippen LogP contribution in [0.25, 0.3) is 5.69 Å². The number of pyridine rings is 1. The van der Waals surface area contributed by atoms with Gasteiger partial charge in [0.05, 0.1) is 37.5 Å². The summed E-state index contributed by atoms with van der Waals surface area (Å²) in [6.07, 6.45) is 7.77. The Morgan fingerprint density at radius 2 is 1.94 bits per heavy atom. The molecule has 180 valence electrons. The lowest BCUT2D eigenvalue weighted by molar-refractivity contribution is 0.247. The molecule has 0 amide bonds. The molecule has 0 radical (unpaired) electrons. The summed E-state index contributed by atoms with van der Waals surface area (Å²) < 4.78 is 9.17. The number of ether oxygens (including phenoxy) is 1. The number of aliphatic hydroxyl groups excluding tert-OH is 1. The Morgan fingerprint density at radius 3 is 2.57 bits per heavy atom. The van der Waals surface area contributed by atoms with Crippen LogP contribution in [0.15, 0.2) is 76.9 Å². The number of methoxy groups -OCH3 is 1. The maximum absolute atomic E-state index is 13.6. The van der Waals surface area contributed by atoms with Crippen molar-refractivity contribution in [2.24, 2.45) is 0 Å². The van der Waals surface area contributed by atoms with Crippen LogP contribution >= 0.6 is 12.6 Å². The average molecular weight is 489 g/mol. The van der Waals surface area contributed by atoms with E-state index in [0.717, 1.165) is 45.9 Å². The lowest BCUT2D eigenvalue weighted by Crippen LogP contribution is -2.29. The van der Waals surface area contributed by atoms with Gasteiger partial charge in [-0.3, -0.25) is 4.79 Å². The fraction of sp³-hybridized carbons (Fsp3) is 0.259. The summed E-state index contributed by atoms with van der Waals surface area (Å²) in [6, 6.07) is 14.7. The van der Waals surface area contributed by atoms with Crippen molar-refractivity contribution < 1.29 is 9.84 Å². The third-order valence-electron chi connectivity index (χ3n) is 6.35. The highest BCUT2D eigenvalue weighted by molar-refractivity contribution is 7.80. The SMILES string of the molecule is COc1cc(Nc2cc(C3CC3)cn([C@@H](CO)c3ccc(S)cc3)c2=O)ccc1-n1cnc(C)c1. The van der Waals surface area contributed by atoms with Gasteiger partial charge in [0.25, 0.3) is 5.56 Å². The maximum atomic E-state index is 13.6. The molecule has 2 heterocycles. The first-order chi connectivity index (χ1) is 17.0. The fourth-order valence-electron chi connectivity index (χ4n) is 4.31. The monoisotopic (exact) mass is 488 g/mol. The maximum Gasteiger partial charge on any atom is 0.274 e. The molecule has 5 rings (SSSR count). The molecular weight excluding hydrogens is 460 g/mol. The van der Waals surface area contributed by atoms with Crippen LogP contribution in [0.5, 0.6) is 5.75 Å². The van der Waals surface area contributed by atoms with Gasteiger partial charge in [-0.15, -0.1) is 12.6 Å². The van der Waals surface area contributed by atoms with E-state index in [0.29, 0.717) is 17.4 Å². The quantitative estimate of drug-likeness (QED) is 0.309. The molecule has 7 nitrogen and oxygen atoms in total. The third kappa shape index (κ3) is 4.85. The molecule has 1 saturated carbocycles. The lowest BCUT2D eigenvalue weighted by Gasteiger charge is -2.21. The summed E-state index contributed by atoms with van der Waals surface area (Å²) in [5.74, 6) is 1.09. The summed E-state index contributed by atoms with van der Waals surface area (Å²) in [4.78, 5) is 18.7. The van der Waals surface area contributed by atoms with Crippen LogP contribution in [-0.4, -0.2) is 32.9 Å². The second-order valence-electron chi connectivity index (χ2n) is 8.90. The highest BCUT2D eigenvalue weighted by Crippen LogP contribution is 2.41. The zero-order valence-electron chi connectivity index (χ0n) is 19.7. The first-order valence-electron chi connectivity index (χ1n) is 11.6. The summed E-state index contributed by atoms with van der Waals surface area (Å²) in [5.41, 5.74) is 4.72. The molecule has 1 atom stereocenters. The van der Waals surface area contributed by atoms with Crippen molar-refractivity contribution in [2.75, 3.05) is 19.0 Å². The Hall–Kier alpha value is -3.49. The molecule has 0 unspecified atom stereocenters. The van der Waals surface area contributed by atoms with Gasteiger partial charge >= 0.3 is 0 Å². The number of imidazole rings is 1. The van der Waals surface area contributed by atoms with E-state index in [9.17, 15) is 9.90 Å². The van der Waals surface area contributed by atoms with Crippen molar-refractivity contribution in [3.05, 3.63) is 94.4 Å². The number of hydrogen-bond acceptors (Lipinski definition) is 6. The molecule has 1 fully saturated rings. The number of anilines is 2. The van der Waals surface area contributed by atoms with E-state index in [1.807, 2.05) is 72.4 Å². The van der Waals surface area contributed by atoms with Gasteiger partial charge in [-0.05, 0) is 67.1 Å². The molecular formula is C27H28N4O3S. The van der Waals surface area contributed by atoms with Crippen molar-refractivity contribution in [3.8, 4) is 11.4 Å². The fourth-order valence-corrected chi connectivity index (χ4v) is 4.46. The number of aryl methyl sites for hydroxylation is 1. The van der Waals surface area contributed by atoms with E-state index in [-0.39, 0.29) is 12.2 Å². The summed E-state index contributed by atoms with van der Waals surface area (Å²) >= 11 is 4.35. The number of rotatable bonds is 8. The van der Waals surface area contributed by atoms with E-state index in [1.54, 1.807) is 18.0 Å². The van der Waals surface area contributed by atoms with Crippen molar-refractivity contribution >= 4 is 24.0 Å². The van der Waals surface area contributed by atoms with Gasteiger partial charge in [-0.25, -0.2) is 4.98 Å². The normalized spacial score (nSPS) is 14.1. The van der Waals surface area contributed by atoms with Gasteiger partial charge in [0.2, 0.25) is 0 Å². The zero-order valence-corrected chi connectivity index (χ0v) is 20.6. The second-order valence-corrected chi connectivity index (χ2v) is 9.41. The smallest absolute Gasteiger partial charge is 0.274 e. The third-order valence-corrected chi connectivity index (χ3v) is 6.65. The molecule has 0 saturated heterocycles. The summed E-state index contributed by atoms with van der Waals surface area (Å²) in [7, 11) is 1.62. The Morgan fingerprint density at radius 1 is 1.17 bits per heavy atom. The average Bonchev–Trinajstić information content (AvgIpc) is 3.63. The summed E-state index contributed by atoms with van der Waals surface area (Å²) in [5, 5.41) is 13.5. The molecule has 8 heteroatoms. The predicted molar refractivity (Wildman–Crippen MR) is 140 cm³/mol. The van der Waals surface area contributed by atoms with Crippen molar-refractivity contribution in [1.82, 2.24) is 14.1 Å². The molecule has 4 aromatic rings. The van der Waals surface area contributed by atoms with Crippen LogP contribution in [0.4, 0.5) is 11.4 Å². The topological polar surface area (TPSA) is 81.3 Å². The number of aliphatic hydroxyl groups is 1. The largest absolute Gasteiger partial charge is 0.494 e. The molecule has 2 aromatic heterocycles. The Bertz CT molecular complexity index is 1410. The van der Waals surface area contributed by atoms with Gasteiger partial charge in [0.15, 0.2) is 0 Å². The van der Waals surface area contributed by atoms with Crippen LogP contribution in [0, 0.1) is 6.92 Å². The van der Waals surface area contributed by atoms with E-state index in [1.165, 1.54) is 0 Å². The minimum absolute atomic E-state index is 0.188. The van der Waals surface area contributed by atoms with E-state index in [2.05, 4.69) is 22.9 Å². The summed E-state index contributed by atoms with van der Waals surface area (Å²) in [6.45, 7) is 1.75. The van der Waals surface area contributed by atoms with Crippen LogP contribution in [-0.2, 0) is 0 Å². The lowest BCUT2D eigenvalue weighted by atomic mass is 10.1. The Kier molecular flexibility index (Phi) is 6.40. The number of aromatic nitrogens is 3. The highest BCUT2D eigenvalue weighted by atomic mass is 32.1. The first kappa shape index (κ1) is 23.3. The van der Waals surface area contributed by atoms with Crippen LogP contribution < -0.4 is 15.6 Å². The van der Waals surface area contributed by atoms with E-state index >= 15 is 0 Å². The van der Waals surface area contributed by atoms with Gasteiger partial charge < -0.3 is 24.3 Å². The number of benzene rings is 2. The van der Waals surface area contributed by atoms with Gasteiger partial charge in [-0.1, -0.05) is 12.1 Å². The van der Waals surface area contributed by atoms with Gasteiger partial charge in [0.1, 0.15) is 11.4 Å². The first-order valence-corrected chi connectivity index (χ1v) is 12.0. The van der Waals surface area contributed by atoms with Gasteiger partial charge in [-0.2, -0.15) is 0 Å². The number of thiol groups is 1. The van der Waals surface area contributed by atoms with Crippen molar-refractivity contribution in [2.45, 2.75) is 36.6 Å². The molecule has 1 aliphatic rings. The molecule has 35 heavy (non-hydrogen) atoms. The molecule has 0 bridgehead atoms. The standard InChI is InChI=1S/C27H28N4O3S/c1-17-13-30(16-28-17)24-10-7-21(12-26(24)34-2)29-23-11-20(18-3-4-18)14-31(27(23)33)25(15-32)19-5-8-22(35)9-6-19/h5-14,16,18,25,29,32,35H,3-4,15H2,1-2H3/t25-/m0/s1. The van der Waals surface area contributed by atoms with E-state index in [4.69, 9.17) is 4.74 Å². The molecule has 1 aliphatic carbocycles. The minimum atomic E-state index is -0.489. The van der Waals surface area contributed by atoms with Gasteiger partial charge in [0, 0.05) is 29.0 Å². The Labute approximate surface area is 209 Å². The number of nitrogens with zero attached hydrogens (tertiary/aromatic N) is 3. The molecule has 0 aliphatic heterocycles. The van der Waals surface area contributed by atoms with Crippen molar-refractivity contribution in [1.29, 1.82) is 0 Å². The molecule has 2 aromatic carbocycles. The van der Waals surface area contributed by atoms with Crippen LogP contribution in [0.3, 0.4) is 0 Å². The van der Waals surface area contributed by atoms with Crippen molar-refractivity contribution in [3.63, 3.8) is 0 Å². The van der Waals surface area contributed by atoms with Crippen LogP contribution in [0.2, 0.25) is 0 Å². The molecule has 0 spiro atoms. The second kappa shape index (κ2) is 9.64. The Balaban J connectivity index is 1.53. The zero-order chi connectivity index (χ0) is 24.5. The number of hydrogen-bond donors (Lipinski definition) is 3. The number of nitrogens with one attached hydrogen (secondary N) is 1. The molecule has 2 N–H and O–H groups in total. The van der Waals surface area contributed by atoms with E-state index < -0.39 is 6.04 Å².